The van der Waals surface area contributed by atoms with Gasteiger partial charge in [-0.25, -0.2) is 0 Å². The maximum atomic E-state index is 6.53. The molecular formula is C30H37ClO2Si. The summed E-state index contributed by atoms with van der Waals surface area (Å²) in [6.45, 7) is 14.1. The number of hydrogen-bond acceptors (Lipinski definition) is 2. The molecule has 0 aromatic heterocycles. The van der Waals surface area contributed by atoms with Crippen molar-refractivity contribution < 1.29 is 9.16 Å². The molecule has 0 saturated heterocycles. The molecule has 0 bridgehead atoms. The first-order valence-electron chi connectivity index (χ1n) is 12.0. The minimum atomic E-state index is -1.89. The van der Waals surface area contributed by atoms with Crippen LogP contribution in [0.2, 0.25) is 18.1 Å². The van der Waals surface area contributed by atoms with Crippen molar-refractivity contribution in [1.82, 2.24) is 0 Å². The molecule has 0 saturated carbocycles. The van der Waals surface area contributed by atoms with Crippen molar-refractivity contribution in [1.29, 1.82) is 0 Å². The average Bonchev–Trinajstić information content (AvgIpc) is 2.82. The summed E-state index contributed by atoms with van der Waals surface area (Å²) in [7, 11) is -1.89. The summed E-state index contributed by atoms with van der Waals surface area (Å²) < 4.78 is 12.2. The predicted molar refractivity (Wildman–Crippen MR) is 150 cm³/mol. The fraction of sp³-hybridized carbons (Fsp3) is 0.333. The highest BCUT2D eigenvalue weighted by Gasteiger charge is 2.38. The average molecular weight is 493 g/mol. The fourth-order valence-electron chi connectivity index (χ4n) is 3.69. The van der Waals surface area contributed by atoms with Crippen LogP contribution in [0.5, 0.6) is 11.5 Å². The molecule has 2 nitrogen and oxygen atoms in total. The Morgan fingerprint density at radius 3 is 1.76 bits per heavy atom. The van der Waals surface area contributed by atoms with Crippen LogP contribution < -0.4 is 9.16 Å². The highest BCUT2D eigenvalue weighted by molar-refractivity contribution is 6.74. The molecule has 3 aromatic rings. The molecule has 3 rings (SSSR count). The molecule has 0 spiro atoms. The third-order valence-electron chi connectivity index (χ3n) is 6.59. The standard InChI is InChI=1S/C30H37ClO2Si/c1-7-28(23-11-9-8-10-12-23)29(24-13-17-26(18-14-24)32-22-21-31)25-15-19-27(20-16-25)33-34(5,6)30(2,3)4/h8-20H,7,21-22H2,1-6H3/b29-28+. The topological polar surface area (TPSA) is 18.5 Å². The molecule has 0 heterocycles. The first kappa shape index (κ1) is 26.1. The van der Waals surface area contributed by atoms with Crippen LogP contribution in [0.1, 0.15) is 50.8 Å². The van der Waals surface area contributed by atoms with Crippen LogP contribution >= 0.6 is 11.6 Å². The van der Waals surface area contributed by atoms with Crippen LogP contribution in [0.15, 0.2) is 78.9 Å². The van der Waals surface area contributed by atoms with Gasteiger partial charge in [0.2, 0.25) is 8.32 Å². The van der Waals surface area contributed by atoms with Gasteiger partial charge in [-0.05, 0) is 76.7 Å². The van der Waals surface area contributed by atoms with E-state index in [1.165, 1.54) is 22.3 Å². The Hall–Kier alpha value is -2.49. The Morgan fingerprint density at radius 1 is 0.765 bits per heavy atom. The third-order valence-corrected chi connectivity index (χ3v) is 11.1. The molecule has 0 radical (unpaired) electrons. The van der Waals surface area contributed by atoms with Gasteiger partial charge in [-0.1, -0.05) is 82.3 Å². The van der Waals surface area contributed by atoms with E-state index in [4.69, 9.17) is 20.8 Å². The molecule has 180 valence electrons. The second-order valence-corrected chi connectivity index (χ2v) is 15.1. The summed E-state index contributed by atoms with van der Waals surface area (Å²) in [5.74, 6) is 2.25. The zero-order chi connectivity index (χ0) is 24.8. The van der Waals surface area contributed by atoms with Gasteiger partial charge in [-0.15, -0.1) is 11.6 Å². The second-order valence-electron chi connectivity index (χ2n) is 10.0. The van der Waals surface area contributed by atoms with E-state index in [0.717, 1.165) is 23.5 Å². The van der Waals surface area contributed by atoms with Gasteiger partial charge in [0.05, 0.1) is 5.88 Å². The van der Waals surface area contributed by atoms with Gasteiger partial charge < -0.3 is 9.16 Å². The SMILES string of the molecule is CC/C(=C(/c1ccc(OCCCl)cc1)c1ccc(O[Si](C)(C)C(C)(C)C)cc1)c1ccccc1. The van der Waals surface area contributed by atoms with Crippen LogP contribution in [0.4, 0.5) is 0 Å². The Kier molecular flexibility index (Phi) is 8.67. The first-order chi connectivity index (χ1) is 16.2. The van der Waals surface area contributed by atoms with Crippen LogP contribution in [0, 0.1) is 0 Å². The van der Waals surface area contributed by atoms with Crippen molar-refractivity contribution in [3.63, 3.8) is 0 Å². The summed E-state index contributed by atoms with van der Waals surface area (Å²) in [5, 5.41) is 0.159. The first-order valence-corrected chi connectivity index (χ1v) is 15.5. The number of ether oxygens (including phenoxy) is 1. The minimum Gasteiger partial charge on any atom is -0.544 e. The van der Waals surface area contributed by atoms with E-state index >= 15 is 0 Å². The second kappa shape index (κ2) is 11.3. The lowest BCUT2D eigenvalue weighted by molar-refractivity contribution is 0.343. The Balaban J connectivity index is 2.05. The summed E-state index contributed by atoms with van der Waals surface area (Å²) in [5.41, 5.74) is 6.13. The number of rotatable bonds is 9. The quantitative estimate of drug-likeness (QED) is 0.168. The molecule has 0 fully saturated rings. The van der Waals surface area contributed by atoms with Crippen LogP contribution in [-0.4, -0.2) is 20.8 Å². The number of hydrogen-bond donors (Lipinski definition) is 0. The van der Waals surface area contributed by atoms with Crippen LogP contribution in [0.3, 0.4) is 0 Å². The minimum absolute atomic E-state index is 0.159. The summed E-state index contributed by atoms with van der Waals surface area (Å²) in [6.07, 6.45) is 0.923. The van der Waals surface area contributed by atoms with Gasteiger partial charge in [-0.3, -0.25) is 0 Å². The van der Waals surface area contributed by atoms with E-state index in [1.54, 1.807) is 0 Å². The molecule has 34 heavy (non-hydrogen) atoms. The van der Waals surface area contributed by atoms with Crippen LogP contribution in [-0.2, 0) is 0 Å². The maximum absolute atomic E-state index is 6.53. The van der Waals surface area contributed by atoms with Gasteiger partial charge in [-0.2, -0.15) is 0 Å². The smallest absolute Gasteiger partial charge is 0.250 e. The van der Waals surface area contributed by atoms with E-state index < -0.39 is 8.32 Å². The Bertz CT molecular complexity index is 1080. The Labute approximate surface area is 211 Å². The molecule has 3 aromatic carbocycles. The number of benzene rings is 3. The highest BCUT2D eigenvalue weighted by atomic mass is 35.5. The molecule has 0 aliphatic carbocycles. The molecular weight excluding hydrogens is 456 g/mol. The molecule has 0 atom stereocenters. The Morgan fingerprint density at radius 2 is 1.29 bits per heavy atom. The van der Waals surface area contributed by atoms with Crippen molar-refractivity contribution in [3.05, 3.63) is 95.6 Å². The summed E-state index contributed by atoms with van der Waals surface area (Å²) in [4.78, 5) is 0. The van der Waals surface area contributed by atoms with Gasteiger partial charge >= 0.3 is 0 Å². The van der Waals surface area contributed by atoms with E-state index in [1.807, 2.05) is 12.1 Å². The predicted octanol–water partition coefficient (Wildman–Crippen LogP) is 9.06. The zero-order valence-electron chi connectivity index (χ0n) is 21.3. The zero-order valence-corrected chi connectivity index (χ0v) is 23.1. The highest BCUT2D eigenvalue weighted by Crippen LogP contribution is 2.39. The number of halogens is 1. The molecule has 0 amide bonds. The van der Waals surface area contributed by atoms with Gasteiger partial charge in [0, 0.05) is 0 Å². The fourth-order valence-corrected chi connectivity index (χ4v) is 4.80. The van der Waals surface area contributed by atoms with Crippen molar-refractivity contribution >= 4 is 31.1 Å². The normalized spacial score (nSPS) is 12.8. The van der Waals surface area contributed by atoms with Crippen LogP contribution in [0.25, 0.3) is 11.1 Å². The summed E-state index contributed by atoms with van der Waals surface area (Å²) >= 11 is 5.78. The van der Waals surface area contributed by atoms with Crippen molar-refractivity contribution in [2.75, 3.05) is 12.5 Å². The molecule has 0 N–H and O–H groups in total. The van der Waals surface area contributed by atoms with Crippen molar-refractivity contribution in [2.24, 2.45) is 0 Å². The number of allylic oxidation sites excluding steroid dienone is 1. The van der Waals surface area contributed by atoms with Gasteiger partial charge in [0.1, 0.15) is 18.1 Å². The van der Waals surface area contributed by atoms with Gasteiger partial charge in [0.25, 0.3) is 0 Å². The summed E-state index contributed by atoms with van der Waals surface area (Å²) in [6, 6.07) is 27.6. The van der Waals surface area contributed by atoms with Crippen molar-refractivity contribution in [3.8, 4) is 11.5 Å². The maximum Gasteiger partial charge on any atom is 0.250 e. The van der Waals surface area contributed by atoms with E-state index in [-0.39, 0.29) is 5.04 Å². The van der Waals surface area contributed by atoms with E-state index in [2.05, 4.69) is 108 Å². The third kappa shape index (κ3) is 6.34. The number of alkyl halides is 1. The molecule has 0 aliphatic rings. The molecule has 4 heteroatoms. The van der Waals surface area contributed by atoms with Crippen molar-refractivity contribution in [2.45, 2.75) is 52.2 Å². The largest absolute Gasteiger partial charge is 0.544 e. The molecule has 0 unspecified atom stereocenters. The van der Waals surface area contributed by atoms with E-state index in [0.29, 0.717) is 12.5 Å². The molecule has 0 aliphatic heterocycles. The monoisotopic (exact) mass is 492 g/mol. The van der Waals surface area contributed by atoms with E-state index in [9.17, 15) is 0 Å². The lowest BCUT2D eigenvalue weighted by Crippen LogP contribution is -2.43. The lowest BCUT2D eigenvalue weighted by atomic mass is 9.88. The van der Waals surface area contributed by atoms with Gasteiger partial charge in [0.15, 0.2) is 0 Å². The lowest BCUT2D eigenvalue weighted by Gasteiger charge is -2.36.